The van der Waals surface area contributed by atoms with E-state index in [0.29, 0.717) is 12.8 Å². The molecule has 0 bridgehead atoms. The molecule has 1 aromatic rings. The second-order valence-corrected chi connectivity index (χ2v) is 4.10. The average molecular weight is 261 g/mol. The van der Waals surface area contributed by atoms with Gasteiger partial charge in [-0.3, -0.25) is 4.79 Å². The number of rotatable bonds is 7. The van der Waals surface area contributed by atoms with Crippen LogP contribution in [0, 0.1) is 0 Å². The molecule has 0 aliphatic carbocycles. The number of alkyl carbamates (subject to hydrolysis) is 1. The predicted octanol–water partition coefficient (Wildman–Crippen LogP) is 2.84. The summed E-state index contributed by atoms with van der Waals surface area (Å²) in [7, 11) is 0. The highest BCUT2D eigenvalue weighted by Crippen LogP contribution is 2.03. The van der Waals surface area contributed by atoms with Gasteiger partial charge in [0, 0.05) is 6.42 Å². The van der Waals surface area contributed by atoms with Crippen LogP contribution in [-0.2, 0) is 16.1 Å². The highest BCUT2D eigenvalue weighted by atomic mass is 16.5. The number of ketones is 1. The molecule has 102 valence electrons. The van der Waals surface area contributed by atoms with Gasteiger partial charge in [0.1, 0.15) is 6.61 Å². The third-order valence-corrected chi connectivity index (χ3v) is 2.64. The van der Waals surface area contributed by atoms with Crippen LogP contribution in [0.5, 0.6) is 0 Å². The molecule has 19 heavy (non-hydrogen) atoms. The normalized spacial score (nSPS) is 11.4. The standard InChI is InChI=1S/C15H19NO3/c1-3-8-13(14(17)4-2)16-15(18)19-11-12-9-6-5-7-10-12/h3,5-7,9-10,13H,1,4,8,11H2,2H3,(H,16,18). The summed E-state index contributed by atoms with van der Waals surface area (Å²) < 4.78 is 5.06. The second-order valence-electron chi connectivity index (χ2n) is 4.10. The SMILES string of the molecule is C=CCC(NC(=O)OCc1ccccc1)C(=O)CC. The Morgan fingerprint density at radius 3 is 2.63 bits per heavy atom. The van der Waals surface area contributed by atoms with Crippen molar-refractivity contribution in [3.63, 3.8) is 0 Å². The van der Waals surface area contributed by atoms with Crippen molar-refractivity contribution in [1.82, 2.24) is 5.32 Å². The lowest BCUT2D eigenvalue weighted by Crippen LogP contribution is -2.40. The number of ether oxygens (including phenoxy) is 1. The van der Waals surface area contributed by atoms with Gasteiger partial charge >= 0.3 is 6.09 Å². The third kappa shape index (κ3) is 5.38. The van der Waals surface area contributed by atoms with Crippen LogP contribution in [0.25, 0.3) is 0 Å². The van der Waals surface area contributed by atoms with E-state index in [2.05, 4.69) is 11.9 Å². The minimum atomic E-state index is -0.586. The van der Waals surface area contributed by atoms with Gasteiger partial charge in [-0.05, 0) is 12.0 Å². The van der Waals surface area contributed by atoms with Crippen LogP contribution in [0.1, 0.15) is 25.3 Å². The lowest BCUT2D eigenvalue weighted by atomic mass is 10.1. The maximum atomic E-state index is 11.6. The molecule has 0 saturated carbocycles. The molecule has 1 rings (SSSR count). The topological polar surface area (TPSA) is 55.4 Å². The van der Waals surface area contributed by atoms with Gasteiger partial charge < -0.3 is 10.1 Å². The minimum Gasteiger partial charge on any atom is -0.445 e. The Bertz CT molecular complexity index is 428. The number of nitrogens with one attached hydrogen (secondary N) is 1. The number of hydrogen-bond acceptors (Lipinski definition) is 3. The highest BCUT2D eigenvalue weighted by Gasteiger charge is 2.18. The van der Waals surface area contributed by atoms with Gasteiger partial charge in [-0.25, -0.2) is 4.79 Å². The van der Waals surface area contributed by atoms with Crippen molar-refractivity contribution in [2.24, 2.45) is 0 Å². The zero-order chi connectivity index (χ0) is 14.1. The first-order chi connectivity index (χ1) is 9.17. The fraction of sp³-hybridized carbons (Fsp3) is 0.333. The molecule has 0 spiro atoms. The first kappa shape index (κ1) is 15.0. The molecule has 0 heterocycles. The molecule has 4 nitrogen and oxygen atoms in total. The molecule has 0 fully saturated rings. The molecule has 0 aromatic heterocycles. The number of amides is 1. The molecule has 0 aliphatic rings. The van der Waals surface area contributed by atoms with E-state index in [1.54, 1.807) is 13.0 Å². The molecule has 1 unspecified atom stereocenters. The lowest BCUT2D eigenvalue weighted by Gasteiger charge is -2.15. The van der Waals surface area contributed by atoms with E-state index in [4.69, 9.17) is 4.74 Å². The van der Waals surface area contributed by atoms with Gasteiger partial charge in [-0.2, -0.15) is 0 Å². The van der Waals surface area contributed by atoms with Gasteiger partial charge in [0.25, 0.3) is 0 Å². The van der Waals surface area contributed by atoms with Gasteiger partial charge in [0.15, 0.2) is 5.78 Å². The largest absolute Gasteiger partial charge is 0.445 e. The van der Waals surface area contributed by atoms with Crippen molar-refractivity contribution in [2.45, 2.75) is 32.4 Å². The van der Waals surface area contributed by atoms with E-state index in [1.165, 1.54) is 0 Å². The van der Waals surface area contributed by atoms with Crippen LogP contribution in [0.2, 0.25) is 0 Å². The van der Waals surface area contributed by atoms with Crippen molar-refractivity contribution in [3.05, 3.63) is 48.6 Å². The van der Waals surface area contributed by atoms with E-state index in [1.807, 2.05) is 30.3 Å². The zero-order valence-corrected chi connectivity index (χ0v) is 11.1. The molecular formula is C15H19NO3. The Labute approximate surface area is 113 Å². The van der Waals surface area contributed by atoms with E-state index in [9.17, 15) is 9.59 Å². The number of benzene rings is 1. The summed E-state index contributed by atoms with van der Waals surface area (Å²) in [4.78, 5) is 23.2. The van der Waals surface area contributed by atoms with Crippen molar-refractivity contribution in [1.29, 1.82) is 0 Å². The minimum absolute atomic E-state index is 0.0310. The summed E-state index contributed by atoms with van der Waals surface area (Å²) in [6.45, 7) is 5.52. The highest BCUT2D eigenvalue weighted by molar-refractivity contribution is 5.87. The molecule has 0 radical (unpaired) electrons. The average Bonchev–Trinajstić information content (AvgIpc) is 2.45. The van der Waals surface area contributed by atoms with E-state index in [-0.39, 0.29) is 12.4 Å². The molecule has 1 atom stereocenters. The Balaban J connectivity index is 2.44. The van der Waals surface area contributed by atoms with E-state index in [0.717, 1.165) is 5.56 Å². The van der Waals surface area contributed by atoms with Crippen LogP contribution >= 0.6 is 0 Å². The summed E-state index contributed by atoms with van der Waals surface area (Å²) in [5, 5.41) is 2.56. The fourth-order valence-corrected chi connectivity index (χ4v) is 1.59. The second kappa shape index (κ2) is 8.08. The maximum absolute atomic E-state index is 11.6. The summed E-state index contributed by atoms with van der Waals surface area (Å²) >= 11 is 0. The van der Waals surface area contributed by atoms with Crippen LogP contribution in [0.3, 0.4) is 0 Å². The molecule has 4 heteroatoms. The molecule has 0 aliphatic heterocycles. The number of hydrogen-bond donors (Lipinski definition) is 1. The van der Waals surface area contributed by atoms with Gasteiger partial charge in [-0.15, -0.1) is 6.58 Å². The van der Waals surface area contributed by atoms with Gasteiger partial charge in [-0.1, -0.05) is 43.3 Å². The van der Waals surface area contributed by atoms with Crippen LogP contribution < -0.4 is 5.32 Å². The van der Waals surface area contributed by atoms with Crippen LogP contribution in [0.4, 0.5) is 4.79 Å². The summed E-state index contributed by atoms with van der Waals surface area (Å²) in [6.07, 6.45) is 1.80. The summed E-state index contributed by atoms with van der Waals surface area (Å²) in [6, 6.07) is 8.82. The van der Waals surface area contributed by atoms with E-state index < -0.39 is 12.1 Å². The van der Waals surface area contributed by atoms with Crippen LogP contribution in [0.15, 0.2) is 43.0 Å². The zero-order valence-electron chi connectivity index (χ0n) is 11.1. The quantitative estimate of drug-likeness (QED) is 0.768. The third-order valence-electron chi connectivity index (χ3n) is 2.64. The fourth-order valence-electron chi connectivity index (χ4n) is 1.59. The van der Waals surface area contributed by atoms with Crippen molar-refractivity contribution >= 4 is 11.9 Å². The Hall–Kier alpha value is -2.10. The Morgan fingerprint density at radius 1 is 1.37 bits per heavy atom. The molecule has 1 amide bonds. The predicted molar refractivity (Wildman–Crippen MR) is 73.7 cm³/mol. The lowest BCUT2D eigenvalue weighted by molar-refractivity contribution is -0.120. The first-order valence-electron chi connectivity index (χ1n) is 6.28. The summed E-state index contributed by atoms with van der Waals surface area (Å²) in [5.41, 5.74) is 0.903. The van der Waals surface area contributed by atoms with E-state index >= 15 is 0 Å². The number of carbonyl (C=O) groups is 2. The molecule has 1 N–H and O–H groups in total. The Kier molecular flexibility index (Phi) is 6.36. The first-order valence-corrected chi connectivity index (χ1v) is 6.28. The maximum Gasteiger partial charge on any atom is 0.408 e. The molecule has 0 saturated heterocycles. The smallest absolute Gasteiger partial charge is 0.408 e. The number of carbonyl (C=O) groups excluding carboxylic acids is 2. The Morgan fingerprint density at radius 2 is 2.05 bits per heavy atom. The van der Waals surface area contributed by atoms with Gasteiger partial charge in [0.2, 0.25) is 0 Å². The van der Waals surface area contributed by atoms with Gasteiger partial charge in [0.05, 0.1) is 6.04 Å². The van der Waals surface area contributed by atoms with Crippen LogP contribution in [-0.4, -0.2) is 17.9 Å². The molecular weight excluding hydrogens is 242 g/mol. The summed E-state index contributed by atoms with van der Waals surface area (Å²) in [5.74, 6) is -0.0310. The molecule has 1 aromatic carbocycles. The van der Waals surface area contributed by atoms with Crippen molar-refractivity contribution in [3.8, 4) is 0 Å². The van der Waals surface area contributed by atoms with Crippen molar-refractivity contribution in [2.75, 3.05) is 0 Å². The van der Waals surface area contributed by atoms with Crippen molar-refractivity contribution < 1.29 is 14.3 Å². The monoisotopic (exact) mass is 261 g/mol. The number of Topliss-reactive ketones (excluding diaryl/α,β-unsaturated/α-hetero) is 1.